The summed E-state index contributed by atoms with van der Waals surface area (Å²) in [5.41, 5.74) is 1.33. The summed E-state index contributed by atoms with van der Waals surface area (Å²) >= 11 is 5.97. The van der Waals surface area contributed by atoms with E-state index in [2.05, 4.69) is 5.32 Å². The third-order valence-corrected chi connectivity index (χ3v) is 4.17. The summed E-state index contributed by atoms with van der Waals surface area (Å²) in [4.78, 5) is 24.2. The van der Waals surface area contributed by atoms with Crippen LogP contribution in [0.3, 0.4) is 0 Å². The van der Waals surface area contributed by atoms with Crippen molar-refractivity contribution >= 4 is 29.1 Å². The molecule has 1 aromatic rings. The highest BCUT2D eigenvalue weighted by atomic mass is 35.5. The molecule has 1 heterocycles. The Morgan fingerprint density at radius 3 is 2.65 bits per heavy atom. The summed E-state index contributed by atoms with van der Waals surface area (Å²) in [7, 11) is 0. The number of amides is 2. The molecule has 4 nitrogen and oxygen atoms in total. The standard InChI is InChI=1S/C15H16ClF3N2O2/c1-9-4-5-11(7-12(9)16)20-13(22)10-3-2-6-21(8-10)14(23)15(17,18)19/h4-5,7,10H,2-3,6,8H2,1H3,(H,20,22). The summed E-state index contributed by atoms with van der Waals surface area (Å²) < 4.78 is 37.5. The van der Waals surface area contributed by atoms with Crippen LogP contribution in [0.15, 0.2) is 18.2 Å². The predicted octanol–water partition coefficient (Wildman–Crippen LogP) is 3.39. The van der Waals surface area contributed by atoms with Gasteiger partial charge in [-0.2, -0.15) is 13.2 Å². The van der Waals surface area contributed by atoms with Crippen LogP contribution in [-0.2, 0) is 9.59 Å². The second-order valence-corrected chi connectivity index (χ2v) is 5.95. The molecule has 1 aliphatic heterocycles. The molecule has 0 aromatic heterocycles. The average Bonchev–Trinajstić information content (AvgIpc) is 2.49. The molecule has 1 atom stereocenters. The minimum Gasteiger partial charge on any atom is -0.334 e. The normalized spacial score (nSPS) is 18.7. The SMILES string of the molecule is Cc1ccc(NC(=O)C2CCCN(C(=O)C(F)(F)F)C2)cc1Cl. The van der Waals surface area contributed by atoms with Crippen molar-refractivity contribution in [1.29, 1.82) is 0 Å². The zero-order chi connectivity index (χ0) is 17.2. The lowest BCUT2D eigenvalue weighted by molar-refractivity contribution is -0.187. The molecule has 0 bridgehead atoms. The first-order valence-corrected chi connectivity index (χ1v) is 7.49. The average molecular weight is 349 g/mol. The number of hydrogen-bond acceptors (Lipinski definition) is 2. The van der Waals surface area contributed by atoms with Crippen LogP contribution >= 0.6 is 11.6 Å². The minimum absolute atomic E-state index is 0.0124. The second-order valence-electron chi connectivity index (χ2n) is 5.54. The number of alkyl halides is 3. The number of hydrogen-bond donors (Lipinski definition) is 1. The number of rotatable bonds is 2. The van der Waals surface area contributed by atoms with Crippen LogP contribution in [0, 0.1) is 12.8 Å². The Hall–Kier alpha value is -1.76. The van der Waals surface area contributed by atoms with E-state index in [-0.39, 0.29) is 13.1 Å². The molecule has 0 radical (unpaired) electrons. The largest absolute Gasteiger partial charge is 0.471 e. The van der Waals surface area contributed by atoms with Crippen molar-refractivity contribution in [3.8, 4) is 0 Å². The first-order valence-electron chi connectivity index (χ1n) is 7.11. The number of aryl methyl sites for hydroxylation is 1. The minimum atomic E-state index is -4.91. The number of halogens is 4. The molecule has 1 aromatic carbocycles. The topological polar surface area (TPSA) is 49.4 Å². The Morgan fingerprint density at radius 1 is 1.35 bits per heavy atom. The zero-order valence-corrected chi connectivity index (χ0v) is 13.2. The van der Waals surface area contributed by atoms with Crippen LogP contribution in [-0.4, -0.2) is 36.0 Å². The summed E-state index contributed by atoms with van der Waals surface area (Å²) in [5.74, 6) is -2.98. The van der Waals surface area contributed by atoms with Crippen molar-refractivity contribution in [3.63, 3.8) is 0 Å². The van der Waals surface area contributed by atoms with E-state index in [4.69, 9.17) is 11.6 Å². The monoisotopic (exact) mass is 348 g/mol. The summed E-state index contributed by atoms with van der Waals surface area (Å²) in [6, 6.07) is 4.98. The Morgan fingerprint density at radius 2 is 2.04 bits per heavy atom. The van der Waals surface area contributed by atoms with Gasteiger partial charge in [-0.15, -0.1) is 0 Å². The molecule has 2 amide bonds. The van der Waals surface area contributed by atoms with Crippen LogP contribution in [0.25, 0.3) is 0 Å². The van der Waals surface area contributed by atoms with E-state index in [1.165, 1.54) is 0 Å². The van der Waals surface area contributed by atoms with E-state index in [0.29, 0.717) is 28.5 Å². The number of carbonyl (C=O) groups is 2. The van der Waals surface area contributed by atoms with Gasteiger partial charge in [-0.3, -0.25) is 9.59 Å². The van der Waals surface area contributed by atoms with E-state index < -0.39 is 23.9 Å². The number of nitrogens with one attached hydrogen (secondary N) is 1. The molecule has 23 heavy (non-hydrogen) atoms. The first-order chi connectivity index (χ1) is 10.7. The van der Waals surface area contributed by atoms with Crippen molar-refractivity contribution in [1.82, 2.24) is 4.90 Å². The second kappa shape index (κ2) is 6.78. The first kappa shape index (κ1) is 17.6. The van der Waals surface area contributed by atoms with E-state index in [0.717, 1.165) is 5.56 Å². The number of likely N-dealkylation sites (tertiary alicyclic amines) is 1. The third kappa shape index (κ3) is 4.37. The van der Waals surface area contributed by atoms with E-state index in [1.807, 2.05) is 6.92 Å². The van der Waals surface area contributed by atoms with Crippen LogP contribution < -0.4 is 5.32 Å². The Labute approximate surface area is 136 Å². The highest BCUT2D eigenvalue weighted by molar-refractivity contribution is 6.31. The van der Waals surface area contributed by atoms with Gasteiger partial charge in [0.05, 0.1) is 5.92 Å². The highest BCUT2D eigenvalue weighted by Crippen LogP contribution is 2.25. The molecule has 126 valence electrons. The van der Waals surface area contributed by atoms with Crippen LogP contribution in [0.1, 0.15) is 18.4 Å². The molecule has 1 unspecified atom stereocenters. The van der Waals surface area contributed by atoms with Crippen LogP contribution in [0.5, 0.6) is 0 Å². The van der Waals surface area contributed by atoms with Gasteiger partial charge in [0.15, 0.2) is 0 Å². The van der Waals surface area contributed by atoms with Gasteiger partial charge in [0.25, 0.3) is 0 Å². The number of carbonyl (C=O) groups excluding carboxylic acids is 2. The number of nitrogens with zero attached hydrogens (tertiary/aromatic N) is 1. The molecule has 2 rings (SSSR count). The Kier molecular flexibility index (Phi) is 5.19. The fourth-order valence-corrected chi connectivity index (χ4v) is 2.65. The van der Waals surface area contributed by atoms with Gasteiger partial charge < -0.3 is 10.2 Å². The van der Waals surface area contributed by atoms with Crippen molar-refractivity contribution in [2.24, 2.45) is 5.92 Å². The molecule has 1 saturated heterocycles. The Balaban J connectivity index is 2.02. The molecule has 1 aliphatic rings. The van der Waals surface area contributed by atoms with E-state index in [1.54, 1.807) is 18.2 Å². The molecule has 8 heteroatoms. The van der Waals surface area contributed by atoms with E-state index >= 15 is 0 Å². The molecular formula is C15H16ClF3N2O2. The molecule has 0 saturated carbocycles. The highest BCUT2D eigenvalue weighted by Gasteiger charge is 2.44. The lowest BCUT2D eigenvalue weighted by Gasteiger charge is -2.32. The molecular weight excluding hydrogens is 333 g/mol. The number of anilines is 1. The lowest BCUT2D eigenvalue weighted by atomic mass is 9.97. The van der Waals surface area contributed by atoms with Crippen LogP contribution in [0.2, 0.25) is 5.02 Å². The molecule has 1 fully saturated rings. The van der Waals surface area contributed by atoms with Crippen molar-refractivity contribution in [2.75, 3.05) is 18.4 Å². The molecule has 0 spiro atoms. The van der Waals surface area contributed by atoms with Crippen molar-refractivity contribution < 1.29 is 22.8 Å². The van der Waals surface area contributed by atoms with Gasteiger partial charge in [0.2, 0.25) is 5.91 Å². The maximum Gasteiger partial charge on any atom is 0.471 e. The fraction of sp³-hybridized carbons (Fsp3) is 0.467. The number of piperidine rings is 1. The van der Waals surface area contributed by atoms with Gasteiger partial charge in [-0.25, -0.2) is 0 Å². The maximum absolute atomic E-state index is 12.5. The van der Waals surface area contributed by atoms with Gasteiger partial charge in [-0.05, 0) is 37.5 Å². The fourth-order valence-electron chi connectivity index (χ4n) is 2.47. The van der Waals surface area contributed by atoms with Gasteiger partial charge in [0.1, 0.15) is 0 Å². The van der Waals surface area contributed by atoms with Crippen LogP contribution in [0.4, 0.5) is 18.9 Å². The third-order valence-electron chi connectivity index (χ3n) is 3.76. The zero-order valence-electron chi connectivity index (χ0n) is 12.4. The lowest BCUT2D eigenvalue weighted by Crippen LogP contribution is -2.48. The molecule has 0 aliphatic carbocycles. The van der Waals surface area contributed by atoms with Gasteiger partial charge in [0, 0.05) is 23.8 Å². The van der Waals surface area contributed by atoms with Crippen molar-refractivity contribution in [3.05, 3.63) is 28.8 Å². The predicted molar refractivity (Wildman–Crippen MR) is 80.2 cm³/mol. The molecule has 1 N–H and O–H groups in total. The summed E-state index contributed by atoms with van der Waals surface area (Å²) in [6.45, 7) is 1.60. The van der Waals surface area contributed by atoms with E-state index in [9.17, 15) is 22.8 Å². The smallest absolute Gasteiger partial charge is 0.334 e. The number of benzene rings is 1. The Bertz CT molecular complexity index is 619. The van der Waals surface area contributed by atoms with Gasteiger partial charge >= 0.3 is 12.1 Å². The quantitative estimate of drug-likeness (QED) is 0.890. The summed E-state index contributed by atoms with van der Waals surface area (Å²) in [5, 5.41) is 3.12. The van der Waals surface area contributed by atoms with Gasteiger partial charge in [-0.1, -0.05) is 17.7 Å². The van der Waals surface area contributed by atoms with Crippen molar-refractivity contribution in [2.45, 2.75) is 25.9 Å². The summed E-state index contributed by atoms with van der Waals surface area (Å²) in [6.07, 6.45) is -4.12. The maximum atomic E-state index is 12.5.